The summed E-state index contributed by atoms with van der Waals surface area (Å²) in [6.45, 7) is 4.02. The first kappa shape index (κ1) is 14.2. The third-order valence-corrected chi connectivity index (χ3v) is 2.42. The van der Waals surface area contributed by atoms with Gasteiger partial charge in [-0.2, -0.15) is 0 Å². The van der Waals surface area contributed by atoms with E-state index in [-0.39, 0.29) is 18.3 Å². The van der Waals surface area contributed by atoms with E-state index in [0.29, 0.717) is 5.56 Å². The number of pyridine rings is 1. The quantitative estimate of drug-likeness (QED) is 0.902. The maximum absolute atomic E-state index is 11.9. The summed E-state index contributed by atoms with van der Waals surface area (Å²) in [6.07, 6.45) is 3.22. The van der Waals surface area contributed by atoms with E-state index < -0.39 is 0 Å². The van der Waals surface area contributed by atoms with Crippen LogP contribution in [0.25, 0.3) is 0 Å². The van der Waals surface area contributed by atoms with Crippen LogP contribution in [-0.4, -0.2) is 10.9 Å². The Morgan fingerprint density at radius 1 is 1.06 bits per heavy atom. The number of halogens is 1. The van der Waals surface area contributed by atoms with Gasteiger partial charge in [-0.1, -0.05) is 6.07 Å². The van der Waals surface area contributed by atoms with E-state index in [1.807, 2.05) is 26.0 Å². The number of rotatable bonds is 2. The number of aryl methyl sites for hydroxylation is 2. The molecule has 0 fully saturated rings. The second-order valence-electron chi connectivity index (χ2n) is 4.07. The standard InChI is InChI=1S/C14H14N2O.ClH/c1-10-7-11(2)9-13(8-10)16-14(17)12-3-5-15-6-4-12;/h3-9H,1-2H3,(H,16,17);1H. The Balaban J connectivity index is 0.00000162. The first-order chi connectivity index (χ1) is 8.15. The average Bonchev–Trinajstić information content (AvgIpc) is 2.28. The van der Waals surface area contributed by atoms with Crippen molar-refractivity contribution in [2.45, 2.75) is 13.8 Å². The van der Waals surface area contributed by atoms with Gasteiger partial charge in [-0.15, -0.1) is 12.4 Å². The lowest BCUT2D eigenvalue weighted by atomic mass is 10.1. The highest BCUT2D eigenvalue weighted by Gasteiger charge is 2.05. The summed E-state index contributed by atoms with van der Waals surface area (Å²) >= 11 is 0. The Labute approximate surface area is 113 Å². The molecule has 0 saturated heterocycles. The maximum atomic E-state index is 11.9. The summed E-state index contributed by atoms with van der Waals surface area (Å²) < 4.78 is 0. The summed E-state index contributed by atoms with van der Waals surface area (Å²) in [6, 6.07) is 9.36. The number of anilines is 1. The fourth-order valence-corrected chi connectivity index (χ4v) is 1.75. The topological polar surface area (TPSA) is 42.0 Å². The lowest BCUT2D eigenvalue weighted by Crippen LogP contribution is -2.11. The number of amides is 1. The van der Waals surface area contributed by atoms with Crippen LogP contribution in [0.5, 0.6) is 0 Å². The number of nitrogens with zero attached hydrogens (tertiary/aromatic N) is 1. The monoisotopic (exact) mass is 262 g/mol. The highest BCUT2D eigenvalue weighted by molar-refractivity contribution is 6.04. The number of hydrogen-bond acceptors (Lipinski definition) is 2. The molecule has 94 valence electrons. The lowest BCUT2D eigenvalue weighted by molar-refractivity contribution is 0.102. The zero-order chi connectivity index (χ0) is 12.3. The van der Waals surface area contributed by atoms with E-state index in [2.05, 4.69) is 16.4 Å². The average molecular weight is 263 g/mol. The molecule has 0 aliphatic heterocycles. The lowest BCUT2D eigenvalue weighted by Gasteiger charge is -2.07. The summed E-state index contributed by atoms with van der Waals surface area (Å²) in [5, 5.41) is 2.87. The fraction of sp³-hybridized carbons (Fsp3) is 0.143. The fourth-order valence-electron chi connectivity index (χ4n) is 1.75. The summed E-state index contributed by atoms with van der Waals surface area (Å²) in [4.78, 5) is 15.8. The molecule has 0 aliphatic rings. The molecule has 1 aromatic heterocycles. The summed E-state index contributed by atoms with van der Waals surface area (Å²) in [7, 11) is 0. The van der Waals surface area contributed by atoms with Gasteiger partial charge in [0.05, 0.1) is 0 Å². The molecule has 0 spiro atoms. The molecule has 0 saturated carbocycles. The van der Waals surface area contributed by atoms with Crippen molar-refractivity contribution in [1.29, 1.82) is 0 Å². The van der Waals surface area contributed by atoms with Crippen LogP contribution < -0.4 is 5.32 Å². The van der Waals surface area contributed by atoms with Crippen molar-refractivity contribution in [3.05, 3.63) is 59.4 Å². The first-order valence-corrected chi connectivity index (χ1v) is 5.45. The van der Waals surface area contributed by atoms with Crippen LogP contribution in [0.2, 0.25) is 0 Å². The van der Waals surface area contributed by atoms with Gasteiger partial charge in [0.2, 0.25) is 0 Å². The van der Waals surface area contributed by atoms with Crippen molar-refractivity contribution in [2.75, 3.05) is 5.32 Å². The third-order valence-electron chi connectivity index (χ3n) is 2.42. The number of hydrogen-bond donors (Lipinski definition) is 1. The molecule has 0 atom stereocenters. The van der Waals surface area contributed by atoms with Crippen molar-refractivity contribution < 1.29 is 4.79 Å². The van der Waals surface area contributed by atoms with E-state index in [1.54, 1.807) is 24.5 Å². The zero-order valence-corrected chi connectivity index (χ0v) is 11.1. The van der Waals surface area contributed by atoms with Gasteiger partial charge in [-0.05, 0) is 49.2 Å². The minimum atomic E-state index is -0.114. The molecule has 0 radical (unpaired) electrons. The molecule has 1 heterocycles. The molecule has 1 amide bonds. The highest BCUT2D eigenvalue weighted by Crippen LogP contribution is 2.14. The molecule has 18 heavy (non-hydrogen) atoms. The Bertz CT molecular complexity index is 520. The van der Waals surface area contributed by atoms with Crippen LogP contribution in [0.1, 0.15) is 21.5 Å². The van der Waals surface area contributed by atoms with Crippen LogP contribution in [-0.2, 0) is 0 Å². The van der Waals surface area contributed by atoms with Crippen LogP contribution in [0.3, 0.4) is 0 Å². The van der Waals surface area contributed by atoms with Crippen molar-refractivity contribution in [3.8, 4) is 0 Å². The van der Waals surface area contributed by atoms with E-state index in [4.69, 9.17) is 0 Å². The minimum Gasteiger partial charge on any atom is -0.322 e. The van der Waals surface area contributed by atoms with Gasteiger partial charge < -0.3 is 5.32 Å². The van der Waals surface area contributed by atoms with Crippen molar-refractivity contribution >= 4 is 24.0 Å². The second kappa shape index (κ2) is 6.17. The molecule has 0 unspecified atom stereocenters. The van der Waals surface area contributed by atoms with Crippen LogP contribution in [0, 0.1) is 13.8 Å². The number of carbonyl (C=O) groups is 1. The number of nitrogens with one attached hydrogen (secondary N) is 1. The largest absolute Gasteiger partial charge is 0.322 e. The predicted molar refractivity (Wildman–Crippen MR) is 75.4 cm³/mol. The Morgan fingerprint density at radius 3 is 2.17 bits per heavy atom. The molecule has 0 aliphatic carbocycles. The van der Waals surface area contributed by atoms with Crippen LogP contribution >= 0.6 is 12.4 Å². The Hall–Kier alpha value is -1.87. The Morgan fingerprint density at radius 2 is 1.61 bits per heavy atom. The maximum Gasteiger partial charge on any atom is 0.255 e. The molecule has 3 nitrogen and oxygen atoms in total. The molecule has 4 heteroatoms. The number of aromatic nitrogens is 1. The summed E-state index contributed by atoms with van der Waals surface area (Å²) in [5.41, 5.74) is 3.70. The van der Waals surface area contributed by atoms with E-state index in [0.717, 1.165) is 16.8 Å². The van der Waals surface area contributed by atoms with Gasteiger partial charge in [-0.25, -0.2) is 0 Å². The SMILES string of the molecule is Cc1cc(C)cc(NC(=O)c2ccncc2)c1.Cl. The zero-order valence-electron chi connectivity index (χ0n) is 10.3. The molecule has 1 aromatic carbocycles. The summed E-state index contributed by atoms with van der Waals surface area (Å²) in [5.74, 6) is -0.114. The number of benzene rings is 1. The minimum absolute atomic E-state index is 0. The molecular formula is C14H15ClN2O. The van der Waals surface area contributed by atoms with Crippen LogP contribution in [0.15, 0.2) is 42.7 Å². The normalized spacial score (nSPS) is 9.44. The van der Waals surface area contributed by atoms with Gasteiger partial charge in [0.1, 0.15) is 0 Å². The van der Waals surface area contributed by atoms with Gasteiger partial charge in [0.25, 0.3) is 5.91 Å². The van der Waals surface area contributed by atoms with Gasteiger partial charge in [-0.3, -0.25) is 9.78 Å². The highest BCUT2D eigenvalue weighted by atomic mass is 35.5. The molecule has 1 N–H and O–H groups in total. The third kappa shape index (κ3) is 3.57. The molecule has 0 bridgehead atoms. The van der Waals surface area contributed by atoms with Crippen molar-refractivity contribution in [3.63, 3.8) is 0 Å². The Kier molecular flexibility index (Phi) is 4.86. The molecular weight excluding hydrogens is 248 g/mol. The second-order valence-corrected chi connectivity index (χ2v) is 4.07. The molecule has 2 aromatic rings. The smallest absolute Gasteiger partial charge is 0.255 e. The predicted octanol–water partition coefficient (Wildman–Crippen LogP) is 3.37. The van der Waals surface area contributed by atoms with E-state index >= 15 is 0 Å². The van der Waals surface area contributed by atoms with Gasteiger partial charge >= 0.3 is 0 Å². The van der Waals surface area contributed by atoms with E-state index in [9.17, 15) is 4.79 Å². The van der Waals surface area contributed by atoms with Gasteiger partial charge in [0, 0.05) is 23.6 Å². The van der Waals surface area contributed by atoms with Gasteiger partial charge in [0.15, 0.2) is 0 Å². The van der Waals surface area contributed by atoms with E-state index in [1.165, 1.54) is 0 Å². The molecule has 2 rings (SSSR count). The van der Waals surface area contributed by atoms with Crippen molar-refractivity contribution in [2.24, 2.45) is 0 Å². The van der Waals surface area contributed by atoms with Crippen molar-refractivity contribution in [1.82, 2.24) is 4.98 Å². The van der Waals surface area contributed by atoms with Crippen LogP contribution in [0.4, 0.5) is 5.69 Å². The first-order valence-electron chi connectivity index (χ1n) is 5.45. The number of carbonyl (C=O) groups excluding carboxylic acids is 1.